The van der Waals surface area contributed by atoms with Crippen LogP contribution in [-0.4, -0.2) is 20.2 Å². The van der Waals surface area contributed by atoms with Gasteiger partial charge in [0.1, 0.15) is 0 Å². The first-order valence-electron chi connectivity index (χ1n) is 16.9. The van der Waals surface area contributed by atoms with E-state index in [2.05, 4.69) is 146 Å². The molecule has 1 aliphatic heterocycles. The maximum atomic E-state index is 5.22. The van der Waals surface area contributed by atoms with Crippen LogP contribution in [0.25, 0.3) is 33.9 Å². The average molecular weight is 678 g/mol. The van der Waals surface area contributed by atoms with Gasteiger partial charge in [0.15, 0.2) is 17.5 Å². The zero-order chi connectivity index (χ0) is 33.3. The number of benzene rings is 6. The van der Waals surface area contributed by atoms with Gasteiger partial charge in [-0.15, -0.1) is 11.8 Å². The first kappa shape index (κ1) is 30.6. The molecule has 2 atom stereocenters. The van der Waals surface area contributed by atoms with Gasteiger partial charge in [0.05, 0.1) is 0 Å². The molecular formula is C45H32N3PS. The van der Waals surface area contributed by atoms with Crippen LogP contribution in [0.5, 0.6) is 0 Å². The molecule has 2 unspecified atom stereocenters. The Labute approximate surface area is 298 Å². The molecule has 7 aromatic rings. The lowest BCUT2D eigenvalue weighted by Gasteiger charge is -2.26. The van der Waals surface area contributed by atoms with Crippen molar-refractivity contribution < 1.29 is 0 Å². The summed E-state index contributed by atoms with van der Waals surface area (Å²) in [5.74, 6) is 2.21. The van der Waals surface area contributed by atoms with Gasteiger partial charge in [0.25, 0.3) is 0 Å². The second kappa shape index (κ2) is 13.5. The summed E-state index contributed by atoms with van der Waals surface area (Å²) in [6.07, 6.45) is 4.80. The molecule has 3 nitrogen and oxygen atoms in total. The monoisotopic (exact) mass is 677 g/mol. The van der Waals surface area contributed by atoms with E-state index in [0.717, 1.165) is 22.5 Å². The summed E-state index contributed by atoms with van der Waals surface area (Å²) in [4.78, 5) is 16.7. The summed E-state index contributed by atoms with van der Waals surface area (Å²) in [5, 5.41) is 4.23. The zero-order valence-electron chi connectivity index (χ0n) is 27.2. The third-order valence-electron chi connectivity index (χ3n) is 9.26. The number of rotatable bonds is 7. The summed E-state index contributed by atoms with van der Waals surface area (Å²) in [6.45, 7) is 0. The third kappa shape index (κ3) is 5.92. The Hall–Kier alpha value is -5.41. The van der Waals surface area contributed by atoms with Crippen LogP contribution in [0.2, 0.25) is 0 Å². The lowest BCUT2D eigenvalue weighted by molar-refractivity contribution is 0.878. The highest BCUT2D eigenvalue weighted by Gasteiger charge is 2.39. The van der Waals surface area contributed by atoms with Gasteiger partial charge in [-0.2, -0.15) is 0 Å². The minimum absolute atomic E-state index is 0.128. The number of allylic oxidation sites excluding steroid dienone is 3. The molecule has 1 aromatic heterocycles. The van der Waals surface area contributed by atoms with Crippen LogP contribution < -0.4 is 15.9 Å². The smallest absolute Gasteiger partial charge is 0.164 e. The Balaban J connectivity index is 1.21. The molecule has 2 heterocycles. The van der Waals surface area contributed by atoms with E-state index in [9.17, 15) is 0 Å². The zero-order valence-corrected chi connectivity index (χ0v) is 28.9. The normalized spacial score (nSPS) is 16.3. The minimum atomic E-state index is -0.734. The predicted octanol–water partition coefficient (Wildman–Crippen LogP) is 9.70. The maximum absolute atomic E-state index is 5.22. The molecule has 1 aliphatic carbocycles. The summed E-state index contributed by atoms with van der Waals surface area (Å²) in [5.41, 5.74) is 6.80. The number of hydrogen-bond donors (Lipinski definition) is 0. The molecule has 2 aliphatic rings. The predicted molar refractivity (Wildman–Crippen MR) is 211 cm³/mol. The molecule has 0 fully saturated rings. The first-order chi connectivity index (χ1) is 24.8. The van der Waals surface area contributed by atoms with Crippen LogP contribution in [0.3, 0.4) is 0 Å². The number of hydrogen-bond acceptors (Lipinski definition) is 4. The van der Waals surface area contributed by atoms with Crippen molar-refractivity contribution in [1.29, 1.82) is 0 Å². The van der Waals surface area contributed by atoms with Gasteiger partial charge in [-0.1, -0.05) is 164 Å². The molecule has 0 N–H and O–H groups in total. The van der Waals surface area contributed by atoms with E-state index < -0.39 is 7.92 Å². The summed E-state index contributed by atoms with van der Waals surface area (Å²) < 4.78 is 0. The van der Waals surface area contributed by atoms with Crippen molar-refractivity contribution in [1.82, 2.24) is 15.0 Å². The van der Waals surface area contributed by atoms with Gasteiger partial charge in [0.2, 0.25) is 0 Å². The molecule has 0 saturated heterocycles. The van der Waals surface area contributed by atoms with Crippen LogP contribution in [-0.2, 0) is 0 Å². The Kier molecular flexibility index (Phi) is 8.26. The van der Waals surface area contributed by atoms with Crippen molar-refractivity contribution in [3.8, 4) is 22.8 Å². The van der Waals surface area contributed by atoms with Gasteiger partial charge >= 0.3 is 0 Å². The molecule has 0 amide bonds. The molecule has 50 heavy (non-hydrogen) atoms. The van der Waals surface area contributed by atoms with Crippen LogP contribution in [0, 0.1) is 0 Å². The number of nitrogens with zero attached hydrogens (tertiary/aromatic N) is 3. The molecule has 0 bridgehead atoms. The van der Waals surface area contributed by atoms with Crippen LogP contribution in [0.15, 0.2) is 187 Å². The van der Waals surface area contributed by atoms with E-state index in [4.69, 9.17) is 15.0 Å². The average Bonchev–Trinajstić information content (AvgIpc) is 3.58. The fourth-order valence-corrected chi connectivity index (χ4v) is 10.7. The highest BCUT2D eigenvalue weighted by molar-refractivity contribution is 8.00. The number of thioether (sulfide) groups is 1. The highest BCUT2D eigenvalue weighted by atomic mass is 32.2. The van der Waals surface area contributed by atoms with E-state index in [1.807, 2.05) is 48.2 Å². The van der Waals surface area contributed by atoms with Gasteiger partial charge in [-0.3, -0.25) is 0 Å². The number of aromatic nitrogens is 3. The van der Waals surface area contributed by atoms with Crippen molar-refractivity contribution in [3.63, 3.8) is 0 Å². The van der Waals surface area contributed by atoms with Gasteiger partial charge in [-0.05, 0) is 58.7 Å². The topological polar surface area (TPSA) is 38.7 Å². The van der Waals surface area contributed by atoms with Gasteiger partial charge < -0.3 is 0 Å². The largest absolute Gasteiger partial charge is 0.208 e. The fourth-order valence-electron chi connectivity index (χ4n) is 6.94. The SMILES string of the molecule is C1=C(c2cccc(P(c3ccccc3)c3ccccc3)c2)C=C(c2nc(-c3ccccc3)nc(-c3ccccc3)n2)C2c3ccccc3SC12. The Morgan fingerprint density at radius 2 is 0.960 bits per heavy atom. The van der Waals surface area contributed by atoms with Gasteiger partial charge in [-0.25, -0.2) is 15.0 Å². The minimum Gasteiger partial charge on any atom is -0.208 e. The Bertz CT molecular complexity index is 2260. The van der Waals surface area contributed by atoms with E-state index in [0.29, 0.717) is 11.6 Å². The molecular weight excluding hydrogens is 646 g/mol. The summed E-state index contributed by atoms with van der Waals surface area (Å²) in [7, 11) is -0.734. The fraction of sp³-hybridized carbons (Fsp3) is 0.0444. The maximum Gasteiger partial charge on any atom is 0.164 e. The standard InChI is InChI=1S/C45H32N3PS/c1-5-16-31(17-6-1)43-46-44(32-18-7-2-8-19-32)48-45(47-43)39-29-34(30-41-42(39)38-26-13-14-27-40(38)50-41)33-20-15-25-37(28-33)49(35-21-9-3-10-22-35)36-23-11-4-12-24-36/h1-30,41-42H. The first-order valence-corrected chi connectivity index (χ1v) is 19.1. The van der Waals surface area contributed by atoms with Crippen molar-refractivity contribution in [2.45, 2.75) is 16.1 Å². The van der Waals surface area contributed by atoms with Crippen LogP contribution >= 0.6 is 19.7 Å². The van der Waals surface area contributed by atoms with Crippen LogP contribution in [0.1, 0.15) is 22.9 Å². The second-order valence-electron chi connectivity index (χ2n) is 12.4. The number of fused-ring (bicyclic) bond motifs is 3. The van der Waals surface area contributed by atoms with Crippen molar-refractivity contribution in [3.05, 3.63) is 199 Å². The van der Waals surface area contributed by atoms with E-state index in [1.165, 1.54) is 37.5 Å². The molecule has 9 rings (SSSR count). The summed E-state index contributed by atoms with van der Waals surface area (Å²) in [6, 6.07) is 60.2. The lowest BCUT2D eigenvalue weighted by atomic mass is 9.81. The van der Waals surface area contributed by atoms with Gasteiger partial charge in [0, 0.05) is 32.8 Å². The van der Waals surface area contributed by atoms with Crippen molar-refractivity contribution in [2.24, 2.45) is 0 Å². The molecule has 5 heteroatoms. The lowest BCUT2D eigenvalue weighted by Crippen LogP contribution is -2.21. The molecule has 238 valence electrons. The van der Waals surface area contributed by atoms with E-state index in [-0.39, 0.29) is 11.2 Å². The van der Waals surface area contributed by atoms with E-state index >= 15 is 0 Å². The second-order valence-corrected chi connectivity index (χ2v) is 15.9. The summed E-state index contributed by atoms with van der Waals surface area (Å²) >= 11 is 1.94. The molecule has 0 radical (unpaired) electrons. The van der Waals surface area contributed by atoms with Crippen LogP contribution in [0.4, 0.5) is 0 Å². The van der Waals surface area contributed by atoms with Crippen molar-refractivity contribution in [2.75, 3.05) is 0 Å². The Morgan fingerprint density at radius 1 is 0.460 bits per heavy atom. The molecule has 6 aromatic carbocycles. The highest BCUT2D eigenvalue weighted by Crippen LogP contribution is 2.54. The Morgan fingerprint density at radius 3 is 1.58 bits per heavy atom. The quantitative estimate of drug-likeness (QED) is 0.158. The molecule has 0 saturated carbocycles. The van der Waals surface area contributed by atoms with Crippen molar-refractivity contribution >= 4 is 46.7 Å². The third-order valence-corrected chi connectivity index (χ3v) is 13.0. The molecule has 0 spiro atoms. The van der Waals surface area contributed by atoms with E-state index in [1.54, 1.807) is 0 Å².